The van der Waals surface area contributed by atoms with Crippen LogP contribution in [0.5, 0.6) is 0 Å². The number of hydrogen-bond acceptors (Lipinski definition) is 15. The van der Waals surface area contributed by atoms with E-state index in [1.807, 2.05) is 0 Å². The van der Waals surface area contributed by atoms with Gasteiger partial charge < -0.3 is 33.8 Å². The molecule has 0 fully saturated rings. The van der Waals surface area contributed by atoms with E-state index in [9.17, 15) is 43.2 Å². The number of aliphatic hydroxyl groups excluding tert-OH is 1. The van der Waals surface area contributed by atoms with Gasteiger partial charge in [0.15, 0.2) is 12.2 Å². The van der Waals surface area contributed by atoms with E-state index in [2.05, 4.69) is 137 Å². The van der Waals surface area contributed by atoms with Gasteiger partial charge in [-0.3, -0.25) is 37.3 Å². The molecule has 0 spiro atoms. The van der Waals surface area contributed by atoms with Crippen molar-refractivity contribution in [2.45, 2.75) is 329 Å². The van der Waals surface area contributed by atoms with Gasteiger partial charge in [0.2, 0.25) is 0 Å². The molecule has 98 heavy (non-hydrogen) atoms. The van der Waals surface area contributed by atoms with Crippen LogP contribution in [0, 0.1) is 0 Å². The summed E-state index contributed by atoms with van der Waals surface area (Å²) in [5, 5.41) is 10.6. The quantitative estimate of drug-likeness (QED) is 0.0169. The van der Waals surface area contributed by atoms with Gasteiger partial charge in [-0.15, -0.1) is 0 Å². The molecule has 0 bridgehead atoms. The topological polar surface area (TPSA) is 237 Å². The minimum Gasteiger partial charge on any atom is -0.462 e. The summed E-state index contributed by atoms with van der Waals surface area (Å²) in [6, 6.07) is 0. The highest BCUT2D eigenvalue weighted by atomic mass is 31.2. The van der Waals surface area contributed by atoms with Crippen molar-refractivity contribution in [3.63, 3.8) is 0 Å². The lowest BCUT2D eigenvalue weighted by Crippen LogP contribution is -2.30. The van der Waals surface area contributed by atoms with Crippen molar-refractivity contribution in [2.75, 3.05) is 39.6 Å². The second kappa shape index (κ2) is 71.1. The summed E-state index contributed by atoms with van der Waals surface area (Å²) in [7, 11) is -9.96. The maximum absolute atomic E-state index is 13.1. The molecule has 0 saturated heterocycles. The minimum atomic E-state index is -4.98. The van der Waals surface area contributed by atoms with Crippen molar-refractivity contribution in [3.05, 3.63) is 109 Å². The smallest absolute Gasteiger partial charge is 0.462 e. The average Bonchev–Trinajstić information content (AvgIpc) is 0.969. The Morgan fingerprint density at radius 1 is 0.296 bits per heavy atom. The van der Waals surface area contributed by atoms with Crippen molar-refractivity contribution < 1.29 is 80.2 Å². The highest BCUT2D eigenvalue weighted by molar-refractivity contribution is 7.47. The van der Waals surface area contributed by atoms with Crippen LogP contribution in [0.4, 0.5) is 0 Å². The predicted octanol–water partition coefficient (Wildman–Crippen LogP) is 21.8. The summed E-state index contributed by atoms with van der Waals surface area (Å²) in [6.45, 7) is 4.53. The lowest BCUT2D eigenvalue weighted by atomic mass is 10.1. The number of carbonyl (C=O) groups excluding carboxylic acids is 4. The fraction of sp³-hybridized carbons (Fsp3) is 0.722. The van der Waals surface area contributed by atoms with E-state index >= 15 is 0 Å². The third-order valence-electron chi connectivity index (χ3n) is 15.7. The molecule has 5 atom stereocenters. The average molecular weight is 1420 g/mol. The van der Waals surface area contributed by atoms with Gasteiger partial charge in [-0.2, -0.15) is 0 Å². The Kier molecular flexibility index (Phi) is 68.0. The number of allylic oxidation sites excluding steroid dienone is 18. The third-order valence-corrected chi connectivity index (χ3v) is 17.6. The predicted molar refractivity (Wildman–Crippen MR) is 399 cm³/mol. The molecule has 17 nitrogen and oxygen atoms in total. The van der Waals surface area contributed by atoms with Gasteiger partial charge in [-0.05, 0) is 141 Å². The molecule has 19 heteroatoms. The summed E-state index contributed by atoms with van der Waals surface area (Å²) in [6.07, 6.45) is 75.0. The maximum Gasteiger partial charge on any atom is 0.472 e. The van der Waals surface area contributed by atoms with Crippen molar-refractivity contribution in [3.8, 4) is 0 Å². The zero-order valence-electron chi connectivity index (χ0n) is 61.4. The molecular weight excluding hydrogens is 1280 g/mol. The van der Waals surface area contributed by atoms with Gasteiger partial charge >= 0.3 is 39.5 Å². The Morgan fingerprint density at radius 2 is 0.551 bits per heavy atom. The standard InChI is InChI=1S/C79H136O17P2/c1-5-9-13-17-21-25-29-33-35-36-38-42-44-48-52-56-60-64-77(82)90-70-75(96-79(84)66-62-58-54-50-46-40-32-28-24-20-16-12-8-4)72-94-98(87,88)92-68-73(80)67-91-97(85,86)93-71-74(95-78(83)65-61-57-53-49-45-39-31-27-23-19-15-11-7-3)69-89-76(81)63-59-55-51-47-43-41-37-34-30-26-22-18-14-10-6-2/h9-10,13-15,19,21-22,25-28,31-35,37,73-75,80H,5-8,11-12,16-18,20,23-24,29-30,36,38-72H2,1-4H3,(H,85,86)(H,87,88)/b13-9-,14-10-,19-15-,25-21-,26-22-,31-27-,32-28-,35-33-,37-34-. The molecule has 0 radical (unpaired) electrons. The molecule has 564 valence electrons. The first kappa shape index (κ1) is 93.7. The highest BCUT2D eigenvalue weighted by Crippen LogP contribution is 2.45. The van der Waals surface area contributed by atoms with E-state index in [1.165, 1.54) is 25.7 Å². The van der Waals surface area contributed by atoms with E-state index in [0.717, 1.165) is 205 Å². The first-order valence-corrected chi connectivity index (χ1v) is 41.1. The molecule has 0 rings (SSSR count). The van der Waals surface area contributed by atoms with Crippen molar-refractivity contribution in [1.29, 1.82) is 0 Å². The molecule has 0 amide bonds. The second-order valence-electron chi connectivity index (χ2n) is 25.2. The lowest BCUT2D eigenvalue weighted by molar-refractivity contribution is -0.161. The van der Waals surface area contributed by atoms with Crippen LogP contribution < -0.4 is 0 Å². The molecule has 0 aromatic carbocycles. The van der Waals surface area contributed by atoms with Gasteiger partial charge in [0, 0.05) is 25.7 Å². The van der Waals surface area contributed by atoms with E-state index < -0.39 is 97.5 Å². The Labute approximate surface area is 594 Å². The van der Waals surface area contributed by atoms with E-state index in [0.29, 0.717) is 25.7 Å². The Balaban J connectivity index is 5.36. The van der Waals surface area contributed by atoms with E-state index in [-0.39, 0.29) is 25.7 Å². The number of carbonyl (C=O) groups is 4. The maximum atomic E-state index is 13.1. The molecule has 3 N–H and O–H groups in total. The van der Waals surface area contributed by atoms with Crippen LogP contribution in [-0.2, 0) is 65.4 Å². The summed E-state index contributed by atoms with van der Waals surface area (Å²) in [4.78, 5) is 72.8. The first-order valence-electron chi connectivity index (χ1n) is 38.1. The lowest BCUT2D eigenvalue weighted by Gasteiger charge is -2.21. The fourth-order valence-corrected chi connectivity index (χ4v) is 11.5. The van der Waals surface area contributed by atoms with Crippen molar-refractivity contribution in [2.24, 2.45) is 0 Å². The first-order chi connectivity index (χ1) is 47.7. The van der Waals surface area contributed by atoms with Crippen LogP contribution in [0.1, 0.15) is 310 Å². The van der Waals surface area contributed by atoms with Crippen LogP contribution in [0.2, 0.25) is 0 Å². The van der Waals surface area contributed by atoms with Crippen LogP contribution in [-0.4, -0.2) is 96.7 Å². The van der Waals surface area contributed by atoms with E-state index in [1.54, 1.807) is 0 Å². The molecule has 0 aliphatic heterocycles. The normalized spacial score (nSPS) is 14.6. The Hall–Kier alpha value is -4.28. The molecule has 5 unspecified atom stereocenters. The van der Waals surface area contributed by atoms with Gasteiger partial charge in [-0.25, -0.2) is 9.13 Å². The van der Waals surface area contributed by atoms with Gasteiger partial charge in [0.05, 0.1) is 26.4 Å². The van der Waals surface area contributed by atoms with Crippen LogP contribution in [0.15, 0.2) is 109 Å². The minimum absolute atomic E-state index is 0.0736. The fourth-order valence-electron chi connectivity index (χ4n) is 9.93. The largest absolute Gasteiger partial charge is 0.472 e. The monoisotopic (exact) mass is 1420 g/mol. The van der Waals surface area contributed by atoms with Crippen LogP contribution in [0.25, 0.3) is 0 Å². The number of hydrogen-bond donors (Lipinski definition) is 3. The molecule has 0 aromatic rings. The molecule has 0 aliphatic carbocycles. The van der Waals surface area contributed by atoms with Gasteiger partial charge in [0.1, 0.15) is 19.3 Å². The summed E-state index contributed by atoms with van der Waals surface area (Å²) in [5.74, 6) is -2.22. The highest BCUT2D eigenvalue weighted by Gasteiger charge is 2.30. The molecular formula is C79H136O17P2. The summed E-state index contributed by atoms with van der Waals surface area (Å²) >= 11 is 0. The zero-order chi connectivity index (χ0) is 71.8. The number of esters is 4. The Bertz CT molecular complexity index is 2290. The van der Waals surface area contributed by atoms with Crippen LogP contribution >= 0.6 is 15.6 Å². The van der Waals surface area contributed by atoms with Crippen molar-refractivity contribution in [1.82, 2.24) is 0 Å². The number of ether oxygens (including phenoxy) is 4. The summed E-state index contributed by atoms with van der Waals surface area (Å²) in [5.41, 5.74) is 0. The SMILES string of the molecule is CC/C=C\C/C=C\C/C=C\CCCCCCCCCC(=O)OCC(COP(=O)(O)OCC(O)COP(=O)(O)OCC(COC(=O)CCCCCCC/C=C\C/C=C\C/C=C\CC)OC(=O)CCCCCCC/C=C\C/C=C\CCC)OC(=O)CCCCCCC/C=C\CCCCCC. The molecule has 0 aromatic heterocycles. The summed E-state index contributed by atoms with van der Waals surface area (Å²) < 4.78 is 68.4. The number of phosphoric acid groups is 2. The zero-order valence-corrected chi connectivity index (χ0v) is 63.2. The number of phosphoric ester groups is 2. The van der Waals surface area contributed by atoms with Gasteiger partial charge in [-0.1, -0.05) is 253 Å². The number of rotatable bonds is 71. The molecule has 0 heterocycles. The molecule has 0 saturated carbocycles. The van der Waals surface area contributed by atoms with Gasteiger partial charge in [0.25, 0.3) is 0 Å². The number of unbranched alkanes of at least 4 members (excludes halogenated alkanes) is 27. The number of aliphatic hydroxyl groups is 1. The van der Waals surface area contributed by atoms with Crippen LogP contribution in [0.3, 0.4) is 0 Å². The van der Waals surface area contributed by atoms with E-state index in [4.69, 9.17) is 37.0 Å². The van der Waals surface area contributed by atoms with Crippen molar-refractivity contribution >= 4 is 39.5 Å². The second-order valence-corrected chi connectivity index (χ2v) is 28.1. The Morgan fingerprint density at radius 3 is 0.867 bits per heavy atom. The molecule has 0 aliphatic rings. The third kappa shape index (κ3) is 70.2.